The van der Waals surface area contributed by atoms with Crippen LogP contribution in [0.1, 0.15) is 46.5 Å². The van der Waals surface area contributed by atoms with E-state index < -0.39 is 0 Å². The Kier molecular flexibility index (Phi) is 3.84. The van der Waals surface area contributed by atoms with Gasteiger partial charge in [0.1, 0.15) is 17.1 Å². The molecule has 1 saturated heterocycles. The largest absolute Gasteiger partial charge is 0.465 e. The second-order valence-electron chi connectivity index (χ2n) is 5.43. The molecule has 1 fully saturated rings. The van der Waals surface area contributed by atoms with Crippen LogP contribution in [0.4, 0.5) is 0 Å². The first-order valence-corrected chi connectivity index (χ1v) is 7.24. The zero-order valence-corrected chi connectivity index (χ0v) is 12.4. The first-order valence-electron chi connectivity index (χ1n) is 7.24. The van der Waals surface area contributed by atoms with Crippen molar-refractivity contribution in [3.8, 4) is 0 Å². The maximum Gasteiger partial charge on any atom is 0.341 e. The van der Waals surface area contributed by atoms with E-state index in [1.165, 1.54) is 19.2 Å². The van der Waals surface area contributed by atoms with E-state index in [2.05, 4.69) is 16.0 Å². The number of hydrogen-bond donors (Lipinski definition) is 1. The molecule has 1 unspecified atom stereocenters. The van der Waals surface area contributed by atoms with Crippen molar-refractivity contribution in [2.75, 3.05) is 13.7 Å². The van der Waals surface area contributed by atoms with E-state index >= 15 is 0 Å². The maximum absolute atomic E-state index is 11.6. The normalized spacial score (nSPS) is 19.0. The Hall–Kier alpha value is -2.01. The monoisotopic (exact) mass is 288 g/mol. The fourth-order valence-corrected chi connectivity index (χ4v) is 3.05. The highest BCUT2D eigenvalue weighted by molar-refractivity contribution is 5.90. The molecule has 0 bridgehead atoms. The van der Waals surface area contributed by atoms with Crippen LogP contribution < -0.4 is 0 Å². The summed E-state index contributed by atoms with van der Waals surface area (Å²) in [6.07, 6.45) is 4.27. The summed E-state index contributed by atoms with van der Waals surface area (Å²) in [4.78, 5) is 17.3. The van der Waals surface area contributed by atoms with Gasteiger partial charge in [-0.3, -0.25) is 4.90 Å². The number of aromatic nitrogens is 1. The van der Waals surface area contributed by atoms with Crippen LogP contribution in [0.15, 0.2) is 28.8 Å². The number of H-pyrrole nitrogens is 1. The molecule has 2 aromatic rings. The van der Waals surface area contributed by atoms with Gasteiger partial charge in [-0.25, -0.2) is 4.79 Å². The molecule has 1 aliphatic rings. The Bertz CT molecular complexity index is 616. The number of hydrogen-bond acceptors (Lipinski definition) is 4. The molecule has 0 aromatic carbocycles. The summed E-state index contributed by atoms with van der Waals surface area (Å²) in [5, 5.41) is 0. The van der Waals surface area contributed by atoms with Crippen LogP contribution in [-0.2, 0) is 11.3 Å². The lowest BCUT2D eigenvalue weighted by molar-refractivity contribution is 0.0599. The maximum atomic E-state index is 11.6. The van der Waals surface area contributed by atoms with Gasteiger partial charge in [0.15, 0.2) is 0 Å². The van der Waals surface area contributed by atoms with E-state index in [0.29, 0.717) is 23.9 Å². The molecule has 0 spiro atoms. The van der Waals surface area contributed by atoms with Gasteiger partial charge in [0.25, 0.3) is 0 Å². The summed E-state index contributed by atoms with van der Waals surface area (Å²) >= 11 is 0. The van der Waals surface area contributed by atoms with Crippen LogP contribution in [0, 0.1) is 6.92 Å². The Labute approximate surface area is 123 Å². The average Bonchev–Trinajstić information content (AvgIpc) is 3.18. The van der Waals surface area contributed by atoms with Crippen molar-refractivity contribution in [3.05, 3.63) is 47.2 Å². The quantitative estimate of drug-likeness (QED) is 0.879. The molecule has 0 aliphatic carbocycles. The third kappa shape index (κ3) is 2.74. The summed E-state index contributed by atoms with van der Waals surface area (Å²) < 4.78 is 10.5. The van der Waals surface area contributed by atoms with Crippen LogP contribution >= 0.6 is 0 Å². The van der Waals surface area contributed by atoms with Crippen molar-refractivity contribution < 1.29 is 13.9 Å². The Morgan fingerprint density at radius 3 is 3.14 bits per heavy atom. The molecule has 0 amide bonds. The van der Waals surface area contributed by atoms with Crippen molar-refractivity contribution in [2.45, 2.75) is 32.4 Å². The smallest absolute Gasteiger partial charge is 0.341 e. The summed E-state index contributed by atoms with van der Waals surface area (Å²) in [6.45, 7) is 3.54. The molecule has 0 saturated carbocycles. The van der Waals surface area contributed by atoms with E-state index in [1.807, 2.05) is 12.3 Å². The van der Waals surface area contributed by atoms with Gasteiger partial charge >= 0.3 is 5.97 Å². The second kappa shape index (κ2) is 5.77. The lowest BCUT2D eigenvalue weighted by Crippen LogP contribution is -2.22. The highest BCUT2D eigenvalue weighted by Crippen LogP contribution is 2.32. The van der Waals surface area contributed by atoms with Crippen molar-refractivity contribution in [1.29, 1.82) is 0 Å². The first-order chi connectivity index (χ1) is 10.2. The predicted molar refractivity (Wildman–Crippen MR) is 78.0 cm³/mol. The molecule has 2 aromatic heterocycles. The summed E-state index contributed by atoms with van der Waals surface area (Å²) in [7, 11) is 1.39. The van der Waals surface area contributed by atoms with Crippen LogP contribution in [0.2, 0.25) is 0 Å². The number of aromatic amines is 1. The van der Waals surface area contributed by atoms with E-state index in [0.717, 1.165) is 18.7 Å². The van der Waals surface area contributed by atoms with Gasteiger partial charge in [-0.05, 0) is 44.5 Å². The summed E-state index contributed by atoms with van der Waals surface area (Å²) in [5.74, 6) is 1.09. The minimum Gasteiger partial charge on any atom is -0.465 e. The third-order valence-electron chi connectivity index (χ3n) is 4.08. The minimum atomic E-state index is -0.343. The van der Waals surface area contributed by atoms with Crippen molar-refractivity contribution in [2.24, 2.45) is 0 Å². The number of nitrogens with zero attached hydrogens (tertiary/aromatic N) is 1. The number of nitrogens with one attached hydrogen (secondary N) is 1. The number of aryl methyl sites for hydroxylation is 1. The van der Waals surface area contributed by atoms with Gasteiger partial charge in [-0.15, -0.1) is 0 Å². The number of carbonyl (C=O) groups is 1. The van der Waals surface area contributed by atoms with Crippen molar-refractivity contribution in [1.82, 2.24) is 9.88 Å². The van der Waals surface area contributed by atoms with Gasteiger partial charge in [0.2, 0.25) is 0 Å². The van der Waals surface area contributed by atoms with E-state index in [-0.39, 0.29) is 5.97 Å². The molecule has 1 N–H and O–H groups in total. The summed E-state index contributed by atoms with van der Waals surface area (Å²) in [6, 6.07) is 6.34. The van der Waals surface area contributed by atoms with Crippen LogP contribution in [0.25, 0.3) is 0 Å². The zero-order valence-electron chi connectivity index (χ0n) is 12.4. The molecule has 0 radical (unpaired) electrons. The van der Waals surface area contributed by atoms with Crippen LogP contribution in [0.3, 0.4) is 0 Å². The van der Waals surface area contributed by atoms with Crippen molar-refractivity contribution >= 4 is 5.97 Å². The molecule has 5 heteroatoms. The SMILES string of the molecule is COC(=O)c1cc(CN2CCCC2c2ccc[nH]2)oc1C. The zero-order chi connectivity index (χ0) is 14.8. The molecule has 1 atom stereocenters. The Morgan fingerprint density at radius 2 is 2.43 bits per heavy atom. The van der Waals surface area contributed by atoms with Gasteiger partial charge in [0.05, 0.1) is 19.7 Å². The molecular weight excluding hydrogens is 268 g/mol. The highest BCUT2D eigenvalue weighted by Gasteiger charge is 2.28. The van der Waals surface area contributed by atoms with E-state index in [9.17, 15) is 4.79 Å². The molecular formula is C16H20N2O3. The lowest BCUT2D eigenvalue weighted by Gasteiger charge is -2.22. The molecule has 3 rings (SSSR count). The third-order valence-corrected chi connectivity index (χ3v) is 4.08. The van der Waals surface area contributed by atoms with E-state index in [4.69, 9.17) is 9.15 Å². The molecule has 5 nitrogen and oxygen atoms in total. The number of rotatable bonds is 4. The van der Waals surface area contributed by atoms with Crippen molar-refractivity contribution in [3.63, 3.8) is 0 Å². The Morgan fingerprint density at radius 1 is 1.57 bits per heavy atom. The summed E-state index contributed by atoms with van der Waals surface area (Å²) in [5.41, 5.74) is 1.76. The number of carbonyl (C=O) groups excluding carboxylic acids is 1. The van der Waals surface area contributed by atoms with Crippen LogP contribution in [0.5, 0.6) is 0 Å². The van der Waals surface area contributed by atoms with Gasteiger partial charge in [-0.2, -0.15) is 0 Å². The predicted octanol–water partition coefficient (Wildman–Crippen LogP) is 3.04. The topological polar surface area (TPSA) is 58.5 Å². The lowest BCUT2D eigenvalue weighted by atomic mass is 10.1. The second-order valence-corrected chi connectivity index (χ2v) is 5.43. The average molecular weight is 288 g/mol. The van der Waals surface area contributed by atoms with E-state index in [1.54, 1.807) is 13.0 Å². The number of likely N-dealkylation sites (tertiary alicyclic amines) is 1. The molecule has 112 valence electrons. The number of esters is 1. The van der Waals surface area contributed by atoms with Gasteiger partial charge in [-0.1, -0.05) is 0 Å². The highest BCUT2D eigenvalue weighted by atomic mass is 16.5. The minimum absolute atomic E-state index is 0.343. The number of ether oxygens (including phenoxy) is 1. The molecule has 1 aliphatic heterocycles. The van der Waals surface area contributed by atoms with Gasteiger partial charge in [0, 0.05) is 11.9 Å². The van der Waals surface area contributed by atoms with Crippen LogP contribution in [-0.4, -0.2) is 29.5 Å². The molecule has 3 heterocycles. The number of furan rings is 1. The fourth-order valence-electron chi connectivity index (χ4n) is 3.05. The first kappa shape index (κ1) is 13.9. The molecule has 21 heavy (non-hydrogen) atoms. The number of methoxy groups -OCH3 is 1. The Balaban J connectivity index is 1.75. The standard InChI is InChI=1S/C16H20N2O3/c1-11-13(16(19)20-2)9-12(21-11)10-18-8-4-6-15(18)14-5-3-7-17-14/h3,5,7,9,15,17H,4,6,8,10H2,1-2H3. The van der Waals surface area contributed by atoms with Gasteiger partial charge < -0.3 is 14.1 Å². The fraction of sp³-hybridized carbons (Fsp3) is 0.438.